The predicted molar refractivity (Wildman–Crippen MR) is 81.7 cm³/mol. The Morgan fingerprint density at radius 2 is 1.40 bits per heavy atom. The molecule has 0 aliphatic carbocycles. The minimum absolute atomic E-state index is 0.192. The van der Waals surface area contributed by atoms with Crippen molar-refractivity contribution in [2.24, 2.45) is 0 Å². The lowest BCUT2D eigenvalue weighted by molar-refractivity contribution is 0.0278. The summed E-state index contributed by atoms with van der Waals surface area (Å²) in [5.74, 6) is -0.192. The lowest BCUT2D eigenvalue weighted by atomic mass is 9.87. The maximum absolute atomic E-state index is 12.3. The molecule has 0 atom stereocenters. The second-order valence-electron chi connectivity index (χ2n) is 5.01. The van der Waals surface area contributed by atoms with Gasteiger partial charge in [0.2, 0.25) is 0 Å². The van der Waals surface area contributed by atoms with Gasteiger partial charge >= 0.3 is 0 Å². The first-order valence-electron chi connectivity index (χ1n) is 7.03. The highest BCUT2D eigenvalue weighted by Gasteiger charge is 2.32. The molecule has 0 unspecified atom stereocenters. The van der Waals surface area contributed by atoms with Crippen LogP contribution in [0.25, 0.3) is 11.1 Å². The number of hydrogen-bond acceptors (Lipinski definition) is 2. The largest absolute Gasteiger partial charge is 0.382 e. The van der Waals surface area contributed by atoms with Gasteiger partial charge in [0.15, 0.2) is 5.78 Å². The molecule has 0 aliphatic rings. The summed E-state index contributed by atoms with van der Waals surface area (Å²) in [6.45, 7) is 3.67. The van der Waals surface area contributed by atoms with Crippen molar-refractivity contribution < 1.29 is 9.90 Å². The Kier molecular flexibility index (Phi) is 4.35. The first-order chi connectivity index (χ1) is 9.60. The lowest BCUT2D eigenvalue weighted by Gasteiger charge is -2.23. The molecule has 2 nitrogen and oxygen atoms in total. The van der Waals surface area contributed by atoms with Gasteiger partial charge in [-0.15, -0.1) is 0 Å². The number of hydrogen-bond donors (Lipinski definition) is 1. The smallest absolute Gasteiger partial charge is 0.194 e. The molecule has 20 heavy (non-hydrogen) atoms. The van der Waals surface area contributed by atoms with Gasteiger partial charge in [-0.3, -0.25) is 4.79 Å². The van der Waals surface area contributed by atoms with Crippen LogP contribution < -0.4 is 0 Å². The summed E-state index contributed by atoms with van der Waals surface area (Å²) >= 11 is 0. The molecule has 0 bridgehead atoms. The van der Waals surface area contributed by atoms with Crippen molar-refractivity contribution in [1.29, 1.82) is 0 Å². The average molecular weight is 268 g/mol. The monoisotopic (exact) mass is 268 g/mol. The quantitative estimate of drug-likeness (QED) is 0.829. The fourth-order valence-electron chi connectivity index (χ4n) is 2.28. The van der Waals surface area contributed by atoms with Gasteiger partial charge in [-0.05, 0) is 24.0 Å². The molecule has 104 valence electrons. The second kappa shape index (κ2) is 6.02. The highest BCUT2D eigenvalue weighted by molar-refractivity contribution is 6.02. The van der Waals surface area contributed by atoms with E-state index in [1.54, 1.807) is 12.1 Å². The zero-order valence-electron chi connectivity index (χ0n) is 12.0. The summed E-state index contributed by atoms with van der Waals surface area (Å²) < 4.78 is 0. The zero-order chi connectivity index (χ0) is 14.6. The minimum atomic E-state index is -1.24. The van der Waals surface area contributed by atoms with E-state index in [0.29, 0.717) is 18.4 Å². The first-order valence-corrected chi connectivity index (χ1v) is 7.03. The molecule has 2 aromatic carbocycles. The van der Waals surface area contributed by atoms with Gasteiger partial charge in [0.1, 0.15) is 5.60 Å². The van der Waals surface area contributed by atoms with E-state index in [0.717, 1.165) is 11.1 Å². The van der Waals surface area contributed by atoms with Crippen molar-refractivity contribution >= 4 is 5.78 Å². The molecule has 2 heteroatoms. The molecular weight excluding hydrogens is 248 g/mol. The highest BCUT2D eigenvalue weighted by atomic mass is 16.3. The van der Waals surface area contributed by atoms with Gasteiger partial charge in [-0.2, -0.15) is 0 Å². The van der Waals surface area contributed by atoms with E-state index in [9.17, 15) is 9.90 Å². The van der Waals surface area contributed by atoms with E-state index >= 15 is 0 Å². The standard InChI is InChI=1S/C18H20O2/c1-3-18(20,4-2)17(19)16-12-10-15(11-13-16)14-8-6-5-7-9-14/h5-13,20H,3-4H2,1-2H3. The third-order valence-electron chi connectivity index (χ3n) is 3.85. The van der Waals surface area contributed by atoms with Crippen molar-refractivity contribution in [3.63, 3.8) is 0 Å². The van der Waals surface area contributed by atoms with Crippen LogP contribution in [-0.2, 0) is 0 Å². The molecule has 0 aliphatic heterocycles. The van der Waals surface area contributed by atoms with Gasteiger partial charge in [-0.1, -0.05) is 68.4 Å². The fourth-order valence-corrected chi connectivity index (χ4v) is 2.28. The van der Waals surface area contributed by atoms with E-state index in [2.05, 4.69) is 0 Å². The van der Waals surface area contributed by atoms with Crippen LogP contribution in [0.15, 0.2) is 54.6 Å². The molecule has 2 aromatic rings. The van der Waals surface area contributed by atoms with Crippen LogP contribution in [0.4, 0.5) is 0 Å². The summed E-state index contributed by atoms with van der Waals surface area (Å²) in [6, 6.07) is 17.5. The maximum atomic E-state index is 12.3. The summed E-state index contributed by atoms with van der Waals surface area (Å²) in [7, 11) is 0. The molecule has 0 saturated heterocycles. The second-order valence-corrected chi connectivity index (χ2v) is 5.01. The van der Waals surface area contributed by atoms with E-state index in [1.807, 2.05) is 56.3 Å². The minimum Gasteiger partial charge on any atom is -0.382 e. The van der Waals surface area contributed by atoms with Crippen LogP contribution >= 0.6 is 0 Å². The Morgan fingerprint density at radius 3 is 1.90 bits per heavy atom. The number of carbonyl (C=O) groups is 1. The van der Waals surface area contributed by atoms with E-state index in [4.69, 9.17) is 0 Å². The average Bonchev–Trinajstić information content (AvgIpc) is 2.54. The summed E-state index contributed by atoms with van der Waals surface area (Å²) in [6.07, 6.45) is 0.867. The molecule has 0 aromatic heterocycles. The van der Waals surface area contributed by atoms with Gasteiger partial charge in [0, 0.05) is 5.56 Å². The van der Waals surface area contributed by atoms with E-state index < -0.39 is 5.60 Å². The lowest BCUT2D eigenvalue weighted by Crippen LogP contribution is -2.37. The Bertz CT molecular complexity index is 566. The zero-order valence-corrected chi connectivity index (χ0v) is 12.0. The van der Waals surface area contributed by atoms with E-state index in [1.165, 1.54) is 0 Å². The molecule has 0 heterocycles. The number of rotatable bonds is 5. The summed E-state index contributed by atoms with van der Waals surface area (Å²) in [4.78, 5) is 12.3. The van der Waals surface area contributed by atoms with Crippen LogP contribution in [0.2, 0.25) is 0 Å². The molecule has 2 rings (SSSR count). The van der Waals surface area contributed by atoms with Gasteiger partial charge in [0.05, 0.1) is 0 Å². The SMILES string of the molecule is CCC(O)(CC)C(=O)c1ccc(-c2ccccc2)cc1. The third-order valence-corrected chi connectivity index (χ3v) is 3.85. The Morgan fingerprint density at radius 1 is 0.900 bits per heavy atom. The van der Waals surface area contributed by atoms with Gasteiger partial charge in [-0.25, -0.2) is 0 Å². The number of aliphatic hydroxyl groups is 1. The van der Waals surface area contributed by atoms with Crippen LogP contribution in [0, 0.1) is 0 Å². The fraction of sp³-hybridized carbons (Fsp3) is 0.278. The number of ketones is 1. The van der Waals surface area contributed by atoms with Crippen molar-refractivity contribution in [1.82, 2.24) is 0 Å². The summed E-state index contributed by atoms with van der Waals surface area (Å²) in [5.41, 5.74) is 1.51. The number of carbonyl (C=O) groups excluding carboxylic acids is 1. The molecule has 0 fully saturated rings. The highest BCUT2D eigenvalue weighted by Crippen LogP contribution is 2.24. The Hall–Kier alpha value is -1.93. The van der Waals surface area contributed by atoms with Crippen molar-refractivity contribution in [2.75, 3.05) is 0 Å². The third kappa shape index (κ3) is 2.81. The van der Waals surface area contributed by atoms with Crippen molar-refractivity contribution in [3.8, 4) is 11.1 Å². The normalized spacial score (nSPS) is 11.3. The van der Waals surface area contributed by atoms with Gasteiger partial charge < -0.3 is 5.11 Å². The van der Waals surface area contributed by atoms with Crippen LogP contribution in [0.3, 0.4) is 0 Å². The number of benzene rings is 2. The van der Waals surface area contributed by atoms with Crippen LogP contribution in [-0.4, -0.2) is 16.5 Å². The molecule has 0 saturated carbocycles. The predicted octanol–water partition coefficient (Wildman–Crippen LogP) is 4.09. The molecular formula is C18H20O2. The Labute approximate surface area is 120 Å². The van der Waals surface area contributed by atoms with Crippen molar-refractivity contribution in [2.45, 2.75) is 32.3 Å². The summed E-state index contributed by atoms with van der Waals surface area (Å²) in [5, 5.41) is 10.3. The van der Waals surface area contributed by atoms with Crippen LogP contribution in [0.5, 0.6) is 0 Å². The molecule has 0 amide bonds. The molecule has 0 spiro atoms. The Balaban J connectivity index is 2.27. The van der Waals surface area contributed by atoms with Crippen molar-refractivity contribution in [3.05, 3.63) is 60.2 Å². The topological polar surface area (TPSA) is 37.3 Å². The maximum Gasteiger partial charge on any atom is 0.194 e. The molecule has 0 radical (unpaired) electrons. The first kappa shape index (κ1) is 14.5. The van der Waals surface area contributed by atoms with Gasteiger partial charge in [0.25, 0.3) is 0 Å². The number of Topliss-reactive ketones (excluding diaryl/α,β-unsaturated/α-hetero) is 1. The van der Waals surface area contributed by atoms with Crippen LogP contribution in [0.1, 0.15) is 37.0 Å². The van der Waals surface area contributed by atoms with E-state index in [-0.39, 0.29) is 5.78 Å². The molecule has 1 N–H and O–H groups in total.